The third-order valence-corrected chi connectivity index (χ3v) is 3.61. The fourth-order valence-electron chi connectivity index (χ4n) is 2.53. The van der Waals surface area contributed by atoms with E-state index >= 15 is 0 Å². The molecule has 1 aliphatic heterocycles. The summed E-state index contributed by atoms with van der Waals surface area (Å²) in [5.41, 5.74) is 0.411. The van der Waals surface area contributed by atoms with E-state index in [1.54, 1.807) is 34.8 Å². The molecule has 1 unspecified atom stereocenters. The number of aryl methyl sites for hydroxylation is 1. The third-order valence-electron chi connectivity index (χ3n) is 3.61. The van der Waals surface area contributed by atoms with E-state index in [0.717, 1.165) is 6.42 Å². The summed E-state index contributed by atoms with van der Waals surface area (Å²) in [5.74, 6) is -1.20. The van der Waals surface area contributed by atoms with Crippen molar-refractivity contribution in [1.29, 1.82) is 0 Å². The number of carbonyl (C=O) groups excluding carboxylic acids is 3. The van der Waals surface area contributed by atoms with Gasteiger partial charge in [0.25, 0.3) is 5.91 Å². The van der Waals surface area contributed by atoms with Crippen molar-refractivity contribution in [2.75, 3.05) is 20.2 Å². The monoisotopic (exact) mass is 293 g/mol. The van der Waals surface area contributed by atoms with Gasteiger partial charge in [-0.1, -0.05) is 0 Å². The number of aromatic nitrogens is 1. The van der Waals surface area contributed by atoms with Crippen LogP contribution in [-0.4, -0.2) is 53.5 Å². The van der Waals surface area contributed by atoms with Crippen molar-refractivity contribution >= 4 is 17.8 Å². The molecule has 1 fully saturated rings. The van der Waals surface area contributed by atoms with Crippen LogP contribution in [0.1, 0.15) is 23.3 Å². The number of esters is 1. The Balaban J connectivity index is 1.91. The summed E-state index contributed by atoms with van der Waals surface area (Å²) in [7, 11) is 3.06. The van der Waals surface area contributed by atoms with Crippen LogP contribution in [0.4, 0.5) is 0 Å². The Labute approximate surface area is 122 Å². The average molecular weight is 293 g/mol. The zero-order valence-corrected chi connectivity index (χ0v) is 12.2. The molecular weight excluding hydrogens is 274 g/mol. The van der Waals surface area contributed by atoms with Crippen LogP contribution in [0.25, 0.3) is 0 Å². The first-order valence-electron chi connectivity index (χ1n) is 6.80. The van der Waals surface area contributed by atoms with E-state index in [4.69, 9.17) is 4.74 Å². The molecule has 0 spiro atoms. The Bertz CT molecular complexity index is 552. The summed E-state index contributed by atoms with van der Waals surface area (Å²) in [6.45, 7) is 0.654. The van der Waals surface area contributed by atoms with Gasteiger partial charge in [0.1, 0.15) is 11.7 Å². The maximum atomic E-state index is 11.9. The highest BCUT2D eigenvalue weighted by molar-refractivity contribution is 6.04. The van der Waals surface area contributed by atoms with E-state index < -0.39 is 17.9 Å². The van der Waals surface area contributed by atoms with Crippen LogP contribution in [0.2, 0.25) is 0 Å². The summed E-state index contributed by atoms with van der Waals surface area (Å²) >= 11 is 0. The lowest BCUT2D eigenvalue weighted by atomic mass is 10.2. The van der Waals surface area contributed by atoms with Crippen molar-refractivity contribution in [3.8, 4) is 0 Å². The molecular formula is C14H19N3O4. The minimum atomic E-state index is -0.443. The predicted octanol–water partition coefficient (Wildman–Crippen LogP) is -0.0811. The normalized spacial score (nSPS) is 18.5. The van der Waals surface area contributed by atoms with Crippen LogP contribution in [-0.2, 0) is 21.4 Å². The number of methoxy groups -OCH3 is 1. The first-order valence-corrected chi connectivity index (χ1v) is 6.80. The van der Waals surface area contributed by atoms with Crippen molar-refractivity contribution in [3.05, 3.63) is 24.0 Å². The van der Waals surface area contributed by atoms with Crippen molar-refractivity contribution < 1.29 is 19.1 Å². The molecule has 0 saturated carbocycles. The molecule has 2 rings (SSSR count). The number of likely N-dealkylation sites (tertiary alicyclic amines) is 1. The number of nitrogens with one attached hydrogen (secondary N) is 1. The second kappa shape index (κ2) is 6.53. The number of ether oxygens (including phenoxy) is 1. The zero-order chi connectivity index (χ0) is 15.4. The standard InChI is InChI=1S/C14H19N3O4/c1-16-7-3-5-10(16)13(19)15-12(18)9-17-8-4-6-11(17)14(20)21-2/h3,5,7,11H,4,6,8-9H2,1-2H3,(H,15,18,19). The molecule has 2 heterocycles. The molecule has 1 aromatic heterocycles. The van der Waals surface area contributed by atoms with Crippen LogP contribution in [0.3, 0.4) is 0 Å². The Kier molecular flexibility index (Phi) is 4.74. The number of imide groups is 1. The highest BCUT2D eigenvalue weighted by Gasteiger charge is 2.32. The van der Waals surface area contributed by atoms with Crippen LogP contribution < -0.4 is 5.32 Å². The predicted molar refractivity (Wildman–Crippen MR) is 74.5 cm³/mol. The van der Waals surface area contributed by atoms with Crippen LogP contribution in [0.15, 0.2) is 18.3 Å². The first kappa shape index (κ1) is 15.2. The van der Waals surface area contributed by atoms with Gasteiger partial charge >= 0.3 is 5.97 Å². The minimum Gasteiger partial charge on any atom is -0.468 e. The van der Waals surface area contributed by atoms with E-state index in [2.05, 4.69) is 5.32 Å². The molecule has 21 heavy (non-hydrogen) atoms. The smallest absolute Gasteiger partial charge is 0.323 e. The molecule has 114 valence electrons. The number of amides is 2. The summed E-state index contributed by atoms with van der Waals surface area (Å²) in [4.78, 5) is 37.2. The third kappa shape index (κ3) is 3.49. The van der Waals surface area contributed by atoms with Gasteiger partial charge in [0.05, 0.1) is 13.7 Å². The fourth-order valence-corrected chi connectivity index (χ4v) is 2.53. The highest BCUT2D eigenvalue weighted by Crippen LogP contribution is 2.17. The molecule has 2 amide bonds. The number of nitrogens with zero attached hydrogens (tertiary/aromatic N) is 2. The molecule has 0 aliphatic carbocycles. The van der Waals surface area contributed by atoms with Crippen molar-refractivity contribution in [3.63, 3.8) is 0 Å². The Morgan fingerprint density at radius 3 is 2.81 bits per heavy atom. The maximum Gasteiger partial charge on any atom is 0.323 e. The number of hydrogen-bond acceptors (Lipinski definition) is 5. The van der Waals surface area contributed by atoms with Gasteiger partial charge in [0.2, 0.25) is 5.91 Å². The fraction of sp³-hybridized carbons (Fsp3) is 0.500. The Morgan fingerprint density at radius 2 is 2.19 bits per heavy atom. The SMILES string of the molecule is COC(=O)C1CCCN1CC(=O)NC(=O)c1cccn1C. The van der Waals surface area contributed by atoms with Crippen molar-refractivity contribution in [2.24, 2.45) is 7.05 Å². The number of carbonyl (C=O) groups is 3. The van der Waals surface area contributed by atoms with Gasteiger partial charge in [0, 0.05) is 13.2 Å². The summed E-state index contributed by atoms with van der Waals surface area (Å²) < 4.78 is 6.35. The second-order valence-corrected chi connectivity index (χ2v) is 5.03. The molecule has 0 radical (unpaired) electrons. The molecule has 1 saturated heterocycles. The molecule has 1 aliphatic rings. The zero-order valence-electron chi connectivity index (χ0n) is 12.2. The van der Waals surface area contributed by atoms with E-state index in [-0.39, 0.29) is 12.5 Å². The van der Waals surface area contributed by atoms with Gasteiger partial charge < -0.3 is 9.30 Å². The van der Waals surface area contributed by atoms with Crippen LogP contribution in [0.5, 0.6) is 0 Å². The van der Waals surface area contributed by atoms with Gasteiger partial charge in [-0.2, -0.15) is 0 Å². The molecule has 7 nitrogen and oxygen atoms in total. The van der Waals surface area contributed by atoms with E-state index in [0.29, 0.717) is 18.7 Å². The van der Waals surface area contributed by atoms with E-state index in [9.17, 15) is 14.4 Å². The first-order chi connectivity index (χ1) is 10.0. The summed E-state index contributed by atoms with van der Waals surface area (Å²) in [6, 6.07) is 2.97. The lowest BCUT2D eigenvalue weighted by Crippen LogP contribution is -2.45. The maximum absolute atomic E-state index is 11.9. The second-order valence-electron chi connectivity index (χ2n) is 5.03. The number of hydrogen-bond donors (Lipinski definition) is 1. The lowest BCUT2D eigenvalue weighted by Gasteiger charge is -2.21. The van der Waals surface area contributed by atoms with Gasteiger partial charge in [0.15, 0.2) is 0 Å². The minimum absolute atomic E-state index is 0.00985. The molecule has 1 aromatic rings. The largest absolute Gasteiger partial charge is 0.468 e. The molecule has 0 aromatic carbocycles. The molecule has 0 bridgehead atoms. The molecule has 1 N–H and O–H groups in total. The Morgan fingerprint density at radius 1 is 1.43 bits per heavy atom. The van der Waals surface area contributed by atoms with Crippen molar-refractivity contribution in [1.82, 2.24) is 14.8 Å². The van der Waals surface area contributed by atoms with E-state index in [1.165, 1.54) is 7.11 Å². The molecule has 7 heteroatoms. The highest BCUT2D eigenvalue weighted by atomic mass is 16.5. The summed E-state index contributed by atoms with van der Waals surface area (Å²) in [5, 5.41) is 2.34. The van der Waals surface area contributed by atoms with Gasteiger partial charge in [-0.25, -0.2) is 0 Å². The van der Waals surface area contributed by atoms with E-state index in [1.807, 2.05) is 0 Å². The Hall–Kier alpha value is -2.15. The van der Waals surface area contributed by atoms with Gasteiger partial charge in [-0.3, -0.25) is 24.6 Å². The summed E-state index contributed by atoms with van der Waals surface area (Å²) in [6.07, 6.45) is 3.23. The average Bonchev–Trinajstić information content (AvgIpc) is 3.06. The lowest BCUT2D eigenvalue weighted by molar-refractivity contribution is -0.146. The van der Waals surface area contributed by atoms with Gasteiger partial charge in [-0.15, -0.1) is 0 Å². The topological polar surface area (TPSA) is 80.6 Å². The van der Waals surface area contributed by atoms with Crippen molar-refractivity contribution in [2.45, 2.75) is 18.9 Å². The quantitative estimate of drug-likeness (QED) is 0.785. The van der Waals surface area contributed by atoms with Gasteiger partial charge in [-0.05, 0) is 31.5 Å². The molecule has 1 atom stereocenters. The van der Waals surface area contributed by atoms with Crippen LogP contribution >= 0.6 is 0 Å². The van der Waals surface area contributed by atoms with Crippen LogP contribution in [0, 0.1) is 0 Å². The number of rotatable bonds is 4.